The van der Waals surface area contributed by atoms with E-state index in [2.05, 4.69) is 10.6 Å². The first-order valence-electron chi connectivity index (χ1n) is 7.48. The summed E-state index contributed by atoms with van der Waals surface area (Å²) in [5.74, 6) is -5.17. The fourth-order valence-electron chi connectivity index (χ4n) is 3.48. The monoisotopic (exact) mass is 344 g/mol. The maximum Gasteiger partial charge on any atom is 0.328 e. The van der Waals surface area contributed by atoms with Crippen LogP contribution in [0.2, 0.25) is 0 Å². The standard InChI is InChI=1S/C15H12N4O6/c20-10-8(11(21)17-14(23)16-10)7-5-3-1-2-4-6(5)25-13-9(7)12(22)18-15(24)19-13/h1-4,7-9,13H,(H2,18,19,22,24)(H2,16,17,20,21,23)/t7-,9-,13-/m1/s1. The Kier molecular flexibility index (Phi) is 3.20. The van der Waals surface area contributed by atoms with Crippen molar-refractivity contribution < 1.29 is 28.7 Å². The van der Waals surface area contributed by atoms with Crippen molar-refractivity contribution in [2.75, 3.05) is 0 Å². The van der Waals surface area contributed by atoms with E-state index in [4.69, 9.17) is 4.74 Å². The van der Waals surface area contributed by atoms with Crippen LogP contribution in [0.15, 0.2) is 24.3 Å². The van der Waals surface area contributed by atoms with E-state index in [-0.39, 0.29) is 0 Å². The molecule has 2 fully saturated rings. The predicted molar refractivity (Wildman–Crippen MR) is 78.9 cm³/mol. The zero-order valence-electron chi connectivity index (χ0n) is 12.6. The number of imide groups is 3. The molecule has 1 aromatic carbocycles. The second-order valence-corrected chi connectivity index (χ2v) is 5.88. The number of ether oxygens (including phenoxy) is 1. The fourth-order valence-corrected chi connectivity index (χ4v) is 3.48. The van der Waals surface area contributed by atoms with E-state index in [1.807, 2.05) is 10.6 Å². The summed E-state index contributed by atoms with van der Waals surface area (Å²) in [4.78, 5) is 59.9. The molecule has 4 rings (SSSR count). The Morgan fingerprint density at radius 3 is 2.12 bits per heavy atom. The van der Waals surface area contributed by atoms with Gasteiger partial charge in [0.1, 0.15) is 17.6 Å². The molecular weight excluding hydrogens is 332 g/mol. The van der Waals surface area contributed by atoms with Crippen LogP contribution in [-0.4, -0.2) is 36.0 Å². The van der Waals surface area contributed by atoms with Gasteiger partial charge in [-0.2, -0.15) is 0 Å². The van der Waals surface area contributed by atoms with Crippen LogP contribution in [0.1, 0.15) is 11.5 Å². The molecule has 3 aliphatic heterocycles. The van der Waals surface area contributed by atoms with Gasteiger partial charge in [0.15, 0.2) is 6.23 Å². The van der Waals surface area contributed by atoms with Gasteiger partial charge in [0, 0.05) is 5.92 Å². The molecule has 128 valence electrons. The van der Waals surface area contributed by atoms with Gasteiger partial charge < -0.3 is 10.1 Å². The van der Waals surface area contributed by atoms with Crippen LogP contribution in [0.5, 0.6) is 5.75 Å². The molecule has 0 saturated carbocycles. The van der Waals surface area contributed by atoms with Crippen LogP contribution in [0.3, 0.4) is 0 Å². The second kappa shape index (κ2) is 5.30. The Bertz CT molecular complexity index is 817. The highest BCUT2D eigenvalue weighted by molar-refractivity contribution is 6.17. The fraction of sp³-hybridized carbons (Fsp3) is 0.267. The smallest absolute Gasteiger partial charge is 0.328 e. The Hall–Kier alpha value is -3.43. The lowest BCUT2D eigenvalue weighted by atomic mass is 9.72. The first-order valence-corrected chi connectivity index (χ1v) is 7.48. The number of hydrogen-bond donors (Lipinski definition) is 4. The van der Waals surface area contributed by atoms with Crippen molar-refractivity contribution in [3.8, 4) is 5.75 Å². The largest absolute Gasteiger partial charge is 0.469 e. The summed E-state index contributed by atoms with van der Waals surface area (Å²) < 4.78 is 5.67. The first-order chi connectivity index (χ1) is 12.0. The maximum absolute atomic E-state index is 12.4. The minimum Gasteiger partial charge on any atom is -0.469 e. The van der Waals surface area contributed by atoms with E-state index < -0.39 is 53.8 Å². The molecule has 0 aromatic heterocycles. The lowest BCUT2D eigenvalue weighted by Crippen LogP contribution is -2.66. The molecule has 0 spiro atoms. The number of carbonyl (C=O) groups is 5. The summed E-state index contributed by atoms with van der Waals surface area (Å²) in [7, 11) is 0. The van der Waals surface area contributed by atoms with Crippen molar-refractivity contribution in [3.05, 3.63) is 29.8 Å². The van der Waals surface area contributed by atoms with Gasteiger partial charge in [0.2, 0.25) is 17.7 Å². The number of nitrogens with one attached hydrogen (secondary N) is 4. The molecule has 0 radical (unpaired) electrons. The number of rotatable bonds is 1. The number of para-hydroxylation sites is 1. The number of amides is 7. The van der Waals surface area contributed by atoms with Crippen LogP contribution in [0, 0.1) is 11.8 Å². The molecule has 3 aliphatic rings. The van der Waals surface area contributed by atoms with E-state index in [1.165, 1.54) is 0 Å². The average Bonchev–Trinajstić information content (AvgIpc) is 2.52. The van der Waals surface area contributed by atoms with Crippen LogP contribution in [0.25, 0.3) is 0 Å². The number of urea groups is 2. The second-order valence-electron chi connectivity index (χ2n) is 5.88. The molecule has 4 N–H and O–H groups in total. The van der Waals surface area contributed by atoms with Gasteiger partial charge in [-0.15, -0.1) is 0 Å². The molecule has 10 heteroatoms. The van der Waals surface area contributed by atoms with Crippen LogP contribution < -0.4 is 26.0 Å². The van der Waals surface area contributed by atoms with Crippen LogP contribution in [-0.2, 0) is 14.4 Å². The van der Waals surface area contributed by atoms with Gasteiger partial charge in [0.25, 0.3) is 0 Å². The highest BCUT2D eigenvalue weighted by Crippen LogP contribution is 2.45. The highest BCUT2D eigenvalue weighted by atomic mass is 16.5. The van der Waals surface area contributed by atoms with Crippen molar-refractivity contribution in [1.29, 1.82) is 0 Å². The Balaban J connectivity index is 1.84. The summed E-state index contributed by atoms with van der Waals surface area (Å²) >= 11 is 0. The van der Waals surface area contributed by atoms with Crippen molar-refractivity contribution >= 4 is 29.8 Å². The maximum atomic E-state index is 12.4. The van der Waals surface area contributed by atoms with Gasteiger partial charge in [0.05, 0.1) is 0 Å². The predicted octanol–water partition coefficient (Wildman–Crippen LogP) is -1.07. The van der Waals surface area contributed by atoms with Gasteiger partial charge in [-0.05, 0) is 11.6 Å². The molecule has 0 bridgehead atoms. The molecule has 25 heavy (non-hydrogen) atoms. The molecule has 10 nitrogen and oxygen atoms in total. The van der Waals surface area contributed by atoms with Crippen molar-refractivity contribution in [2.24, 2.45) is 11.8 Å². The number of fused-ring (bicyclic) bond motifs is 2. The quantitative estimate of drug-likeness (QED) is 0.478. The Morgan fingerprint density at radius 1 is 0.760 bits per heavy atom. The van der Waals surface area contributed by atoms with Gasteiger partial charge in [-0.1, -0.05) is 18.2 Å². The van der Waals surface area contributed by atoms with Gasteiger partial charge in [-0.25, -0.2) is 9.59 Å². The molecule has 0 unspecified atom stereocenters. The number of hydrogen-bond acceptors (Lipinski definition) is 6. The summed E-state index contributed by atoms with van der Waals surface area (Å²) in [6.45, 7) is 0. The third-order valence-corrected chi connectivity index (χ3v) is 4.46. The Morgan fingerprint density at radius 2 is 1.40 bits per heavy atom. The molecule has 7 amide bonds. The summed E-state index contributed by atoms with van der Waals surface area (Å²) in [6, 6.07) is 4.98. The zero-order chi connectivity index (χ0) is 17.7. The third kappa shape index (κ3) is 2.30. The molecule has 3 heterocycles. The Labute approximate surface area is 140 Å². The van der Waals surface area contributed by atoms with E-state index >= 15 is 0 Å². The molecular formula is C15H12N4O6. The van der Waals surface area contributed by atoms with Crippen molar-refractivity contribution in [2.45, 2.75) is 12.1 Å². The van der Waals surface area contributed by atoms with Gasteiger partial charge in [-0.3, -0.25) is 30.3 Å². The third-order valence-electron chi connectivity index (χ3n) is 4.46. The summed E-state index contributed by atoms with van der Waals surface area (Å²) in [5.41, 5.74) is 0.472. The van der Waals surface area contributed by atoms with E-state index in [0.717, 1.165) is 0 Å². The number of benzene rings is 1. The van der Waals surface area contributed by atoms with Crippen LogP contribution in [0.4, 0.5) is 9.59 Å². The van der Waals surface area contributed by atoms with Crippen molar-refractivity contribution in [3.63, 3.8) is 0 Å². The molecule has 0 aliphatic carbocycles. The topological polar surface area (TPSA) is 143 Å². The summed E-state index contributed by atoms with van der Waals surface area (Å²) in [6.07, 6.45) is -1.03. The van der Waals surface area contributed by atoms with E-state index in [1.54, 1.807) is 24.3 Å². The molecule has 1 aromatic rings. The minimum atomic E-state index is -1.32. The average molecular weight is 344 g/mol. The zero-order valence-corrected chi connectivity index (χ0v) is 12.6. The SMILES string of the molecule is O=C1NC(=O)C([C@H]2c3ccccc3O[C@H]3NC(=O)NC(=O)[C@H]32)C(=O)N1. The highest BCUT2D eigenvalue weighted by Gasteiger charge is 2.54. The minimum absolute atomic E-state index is 0.348. The summed E-state index contributed by atoms with van der Waals surface area (Å²) in [5, 5.41) is 8.67. The normalized spacial score (nSPS) is 28.6. The lowest BCUT2D eigenvalue weighted by Gasteiger charge is -2.43. The van der Waals surface area contributed by atoms with E-state index in [0.29, 0.717) is 11.3 Å². The number of barbiturate groups is 1. The van der Waals surface area contributed by atoms with Crippen molar-refractivity contribution in [1.82, 2.24) is 21.3 Å². The lowest BCUT2D eigenvalue weighted by molar-refractivity contribution is -0.141. The molecule has 3 atom stereocenters. The molecule has 2 saturated heterocycles. The number of carbonyl (C=O) groups excluding carboxylic acids is 5. The van der Waals surface area contributed by atoms with Crippen LogP contribution >= 0.6 is 0 Å². The van der Waals surface area contributed by atoms with E-state index in [9.17, 15) is 24.0 Å². The van der Waals surface area contributed by atoms with Gasteiger partial charge >= 0.3 is 12.1 Å². The first kappa shape index (κ1) is 15.1.